The Bertz CT molecular complexity index is 344. The van der Waals surface area contributed by atoms with Crippen LogP contribution in [-0.2, 0) is 14.3 Å². The molecule has 74 valence electrons. The van der Waals surface area contributed by atoms with Crippen LogP contribution in [0.3, 0.4) is 0 Å². The van der Waals surface area contributed by atoms with Crippen LogP contribution in [0.5, 0.6) is 5.75 Å². The molecule has 0 fully saturated rings. The van der Waals surface area contributed by atoms with Crippen LogP contribution >= 0.6 is 11.6 Å². The smallest absolute Gasteiger partial charge is 0.422 e. The van der Waals surface area contributed by atoms with Crippen LogP contribution in [-0.4, -0.2) is 19.0 Å². The maximum absolute atomic E-state index is 10.9. The molecule has 0 saturated heterocycles. The zero-order valence-corrected chi connectivity index (χ0v) is 8.08. The summed E-state index contributed by atoms with van der Waals surface area (Å²) in [5.41, 5.74) is 0. The lowest BCUT2D eigenvalue weighted by Gasteiger charge is -2.01. The summed E-state index contributed by atoms with van der Waals surface area (Å²) in [5.74, 6) is -1.86. The molecular formula is C9H7ClO4. The van der Waals surface area contributed by atoms with Crippen LogP contribution in [0.4, 0.5) is 0 Å². The summed E-state index contributed by atoms with van der Waals surface area (Å²) >= 11 is 5.61. The van der Waals surface area contributed by atoms with E-state index in [1.165, 1.54) is 12.1 Å². The van der Waals surface area contributed by atoms with Crippen LogP contribution in [0.15, 0.2) is 24.3 Å². The maximum atomic E-state index is 10.9. The van der Waals surface area contributed by atoms with E-state index in [-0.39, 0.29) is 5.75 Å². The van der Waals surface area contributed by atoms with E-state index in [0.29, 0.717) is 5.02 Å². The van der Waals surface area contributed by atoms with Crippen molar-refractivity contribution in [1.82, 2.24) is 0 Å². The molecule has 0 saturated carbocycles. The highest BCUT2D eigenvalue weighted by Crippen LogP contribution is 2.15. The van der Waals surface area contributed by atoms with Crippen molar-refractivity contribution in [1.29, 1.82) is 0 Å². The molecule has 0 aliphatic rings. The fraction of sp³-hybridized carbons (Fsp3) is 0.111. The summed E-state index contributed by atoms with van der Waals surface area (Å²) in [5, 5.41) is 0.517. The first-order chi connectivity index (χ1) is 6.63. The summed E-state index contributed by atoms with van der Waals surface area (Å²) in [4.78, 5) is 21.6. The average Bonchev–Trinajstić information content (AvgIpc) is 2.20. The van der Waals surface area contributed by atoms with Gasteiger partial charge in [-0.3, -0.25) is 0 Å². The molecule has 0 bridgehead atoms. The molecule has 0 radical (unpaired) electrons. The van der Waals surface area contributed by atoms with Crippen molar-refractivity contribution in [3.63, 3.8) is 0 Å². The van der Waals surface area contributed by atoms with Gasteiger partial charge < -0.3 is 9.47 Å². The molecule has 0 amide bonds. The van der Waals surface area contributed by atoms with Crippen LogP contribution in [0.25, 0.3) is 0 Å². The number of hydrogen-bond donors (Lipinski definition) is 0. The van der Waals surface area contributed by atoms with Crippen molar-refractivity contribution in [2.24, 2.45) is 0 Å². The zero-order chi connectivity index (χ0) is 10.6. The number of methoxy groups -OCH3 is 1. The SMILES string of the molecule is COC(=O)C(=O)Oc1ccc(Cl)cc1. The average molecular weight is 215 g/mol. The van der Waals surface area contributed by atoms with Crippen molar-refractivity contribution >= 4 is 23.5 Å². The van der Waals surface area contributed by atoms with Gasteiger partial charge in [0.2, 0.25) is 0 Å². The van der Waals surface area contributed by atoms with Gasteiger partial charge in [-0.25, -0.2) is 9.59 Å². The fourth-order valence-electron chi connectivity index (χ4n) is 0.735. The first-order valence-electron chi connectivity index (χ1n) is 3.69. The first kappa shape index (κ1) is 10.5. The second-order valence-corrected chi connectivity index (χ2v) is 2.77. The molecule has 0 heterocycles. The topological polar surface area (TPSA) is 52.6 Å². The Labute approximate surface area is 85.4 Å². The van der Waals surface area contributed by atoms with E-state index in [4.69, 9.17) is 11.6 Å². The second kappa shape index (κ2) is 4.62. The minimum absolute atomic E-state index is 0.241. The molecule has 0 atom stereocenters. The molecule has 0 aromatic heterocycles. The molecule has 0 unspecified atom stereocenters. The van der Waals surface area contributed by atoms with Gasteiger partial charge in [-0.2, -0.15) is 0 Å². The highest BCUT2D eigenvalue weighted by atomic mass is 35.5. The largest absolute Gasteiger partial charge is 0.461 e. The first-order valence-corrected chi connectivity index (χ1v) is 4.07. The highest BCUT2D eigenvalue weighted by Gasteiger charge is 2.16. The lowest BCUT2D eigenvalue weighted by Crippen LogP contribution is -2.21. The van der Waals surface area contributed by atoms with Gasteiger partial charge >= 0.3 is 11.9 Å². The van der Waals surface area contributed by atoms with E-state index in [0.717, 1.165) is 7.11 Å². The molecular weight excluding hydrogens is 208 g/mol. The molecule has 0 spiro atoms. The summed E-state index contributed by atoms with van der Waals surface area (Å²) in [6, 6.07) is 6.04. The maximum Gasteiger partial charge on any atom is 0.422 e. The molecule has 5 heteroatoms. The Hall–Kier alpha value is -1.55. The monoisotopic (exact) mass is 214 g/mol. The molecule has 0 aliphatic heterocycles. The number of carbonyl (C=O) groups is 2. The Morgan fingerprint density at radius 2 is 1.71 bits per heavy atom. The lowest BCUT2D eigenvalue weighted by atomic mass is 10.3. The standard InChI is InChI=1S/C9H7ClO4/c1-13-8(11)9(12)14-7-4-2-6(10)3-5-7/h2-5H,1H3. The molecule has 14 heavy (non-hydrogen) atoms. The van der Waals surface area contributed by atoms with E-state index in [2.05, 4.69) is 9.47 Å². The normalized spacial score (nSPS) is 9.29. The van der Waals surface area contributed by atoms with Crippen LogP contribution in [0.1, 0.15) is 0 Å². The van der Waals surface area contributed by atoms with Crippen LogP contribution < -0.4 is 4.74 Å². The van der Waals surface area contributed by atoms with E-state index in [1.54, 1.807) is 12.1 Å². The van der Waals surface area contributed by atoms with Crippen LogP contribution in [0, 0.1) is 0 Å². The summed E-state index contributed by atoms with van der Waals surface area (Å²) < 4.78 is 8.82. The number of hydrogen-bond acceptors (Lipinski definition) is 4. The lowest BCUT2D eigenvalue weighted by molar-refractivity contribution is -0.160. The molecule has 1 aromatic carbocycles. The van der Waals surface area contributed by atoms with Crippen molar-refractivity contribution in [3.05, 3.63) is 29.3 Å². The van der Waals surface area contributed by atoms with Crippen molar-refractivity contribution in [2.75, 3.05) is 7.11 Å². The number of carbonyl (C=O) groups excluding carboxylic acids is 2. The van der Waals surface area contributed by atoms with Gasteiger partial charge in [0.25, 0.3) is 0 Å². The molecule has 1 rings (SSSR count). The van der Waals surface area contributed by atoms with Crippen LogP contribution in [0.2, 0.25) is 5.02 Å². The number of benzene rings is 1. The molecule has 0 N–H and O–H groups in total. The summed E-state index contributed by atoms with van der Waals surface area (Å²) in [7, 11) is 1.10. The quantitative estimate of drug-likeness (QED) is 0.403. The summed E-state index contributed by atoms with van der Waals surface area (Å²) in [6.07, 6.45) is 0. The Morgan fingerprint density at radius 3 is 2.21 bits per heavy atom. The van der Waals surface area contributed by atoms with Crippen molar-refractivity contribution in [3.8, 4) is 5.75 Å². The number of halogens is 1. The Balaban J connectivity index is 2.65. The van der Waals surface area contributed by atoms with Crippen molar-refractivity contribution in [2.45, 2.75) is 0 Å². The molecule has 0 aliphatic carbocycles. The van der Waals surface area contributed by atoms with Crippen molar-refractivity contribution < 1.29 is 19.1 Å². The van der Waals surface area contributed by atoms with Gasteiger partial charge in [0.05, 0.1) is 7.11 Å². The number of ether oxygens (including phenoxy) is 2. The Morgan fingerprint density at radius 1 is 1.14 bits per heavy atom. The Kier molecular flexibility index (Phi) is 3.48. The molecule has 1 aromatic rings. The highest BCUT2D eigenvalue weighted by molar-refractivity contribution is 6.31. The second-order valence-electron chi connectivity index (χ2n) is 2.34. The predicted octanol–water partition coefficient (Wildman–Crippen LogP) is 1.42. The van der Waals surface area contributed by atoms with E-state index in [9.17, 15) is 9.59 Å². The molecule has 4 nitrogen and oxygen atoms in total. The fourth-order valence-corrected chi connectivity index (χ4v) is 0.861. The van der Waals surface area contributed by atoms with Gasteiger partial charge in [-0.1, -0.05) is 11.6 Å². The van der Waals surface area contributed by atoms with E-state index < -0.39 is 11.9 Å². The number of rotatable bonds is 1. The van der Waals surface area contributed by atoms with Gasteiger partial charge in [0, 0.05) is 5.02 Å². The minimum Gasteiger partial charge on any atom is -0.461 e. The van der Waals surface area contributed by atoms with Gasteiger partial charge in [-0.15, -0.1) is 0 Å². The van der Waals surface area contributed by atoms with Gasteiger partial charge in [-0.05, 0) is 24.3 Å². The van der Waals surface area contributed by atoms with E-state index >= 15 is 0 Å². The number of esters is 2. The third-order valence-corrected chi connectivity index (χ3v) is 1.63. The van der Waals surface area contributed by atoms with Gasteiger partial charge in [0.15, 0.2) is 0 Å². The van der Waals surface area contributed by atoms with Gasteiger partial charge in [0.1, 0.15) is 5.75 Å². The minimum atomic E-state index is -1.06. The third kappa shape index (κ3) is 2.74. The summed E-state index contributed by atoms with van der Waals surface area (Å²) in [6.45, 7) is 0. The van der Waals surface area contributed by atoms with E-state index in [1.807, 2.05) is 0 Å². The zero-order valence-electron chi connectivity index (χ0n) is 7.32. The third-order valence-electron chi connectivity index (χ3n) is 1.38. The predicted molar refractivity (Wildman–Crippen MR) is 49.1 cm³/mol.